The summed E-state index contributed by atoms with van der Waals surface area (Å²) < 4.78 is 0. The second kappa shape index (κ2) is 12.1. The normalized spacial score (nSPS) is 14.5. The first-order chi connectivity index (χ1) is 9.97. The summed E-state index contributed by atoms with van der Waals surface area (Å²) in [6.07, 6.45) is 8.37. The highest BCUT2D eigenvalue weighted by Gasteiger charge is 2.17. The molecular formula is C13H26N6O2. The smallest absolute Gasteiger partial charge is 0.320 e. The predicted molar refractivity (Wildman–Crippen MR) is 80.1 cm³/mol. The number of aliphatic carboxylic acids is 1. The Labute approximate surface area is 125 Å². The molecule has 0 bridgehead atoms. The second-order valence-corrected chi connectivity index (χ2v) is 4.87. The Balaban J connectivity index is 0.000000547. The molecule has 0 spiro atoms. The molecule has 8 heteroatoms. The van der Waals surface area contributed by atoms with Crippen molar-refractivity contribution in [1.82, 2.24) is 15.0 Å². The first kappa shape index (κ1) is 19.4. The van der Waals surface area contributed by atoms with Crippen LogP contribution in [0.5, 0.6) is 0 Å². The van der Waals surface area contributed by atoms with Gasteiger partial charge in [-0.1, -0.05) is 19.8 Å². The van der Waals surface area contributed by atoms with Crippen molar-refractivity contribution in [2.45, 2.75) is 57.2 Å². The van der Waals surface area contributed by atoms with E-state index in [2.05, 4.69) is 21.9 Å². The van der Waals surface area contributed by atoms with Crippen LogP contribution in [0.2, 0.25) is 0 Å². The van der Waals surface area contributed by atoms with Gasteiger partial charge in [-0.25, -0.2) is 15.0 Å². The Hall–Kier alpha value is -1.64. The highest BCUT2D eigenvalue weighted by atomic mass is 16.4. The molecule has 3 unspecified atom stereocenters. The van der Waals surface area contributed by atoms with Crippen LogP contribution in [0, 0.1) is 0 Å². The number of carbonyl (C=O) groups is 1. The zero-order valence-electron chi connectivity index (χ0n) is 12.4. The molecule has 7 N–H and O–H groups in total. The summed E-state index contributed by atoms with van der Waals surface area (Å²) in [6.45, 7) is 2.10. The average molecular weight is 298 g/mol. The van der Waals surface area contributed by atoms with Crippen LogP contribution < -0.4 is 17.2 Å². The van der Waals surface area contributed by atoms with Crippen LogP contribution >= 0.6 is 0 Å². The van der Waals surface area contributed by atoms with Crippen LogP contribution in [-0.2, 0) is 4.79 Å². The summed E-state index contributed by atoms with van der Waals surface area (Å²) in [6, 6.07) is -1.04. The minimum absolute atomic E-state index is 0.0564. The van der Waals surface area contributed by atoms with E-state index in [0.717, 1.165) is 19.3 Å². The van der Waals surface area contributed by atoms with Crippen LogP contribution in [0.1, 0.15) is 39.0 Å². The molecular weight excluding hydrogens is 272 g/mol. The molecule has 1 heterocycles. The number of hydrogen-bond acceptors (Lipinski definition) is 7. The Kier molecular flexibility index (Phi) is 11.2. The van der Waals surface area contributed by atoms with Gasteiger partial charge in [-0.15, -0.1) is 0 Å². The third-order valence-electron chi connectivity index (χ3n) is 2.81. The van der Waals surface area contributed by atoms with E-state index in [1.165, 1.54) is 19.0 Å². The van der Waals surface area contributed by atoms with Crippen molar-refractivity contribution in [3.8, 4) is 0 Å². The molecule has 8 nitrogen and oxygen atoms in total. The van der Waals surface area contributed by atoms with Crippen LogP contribution in [0.15, 0.2) is 19.0 Å². The van der Waals surface area contributed by atoms with Crippen molar-refractivity contribution >= 4 is 5.97 Å². The molecule has 1 aromatic rings. The van der Waals surface area contributed by atoms with Crippen molar-refractivity contribution in [3.05, 3.63) is 19.0 Å². The van der Waals surface area contributed by atoms with Crippen molar-refractivity contribution in [2.24, 2.45) is 17.2 Å². The van der Waals surface area contributed by atoms with E-state index >= 15 is 0 Å². The van der Waals surface area contributed by atoms with Gasteiger partial charge in [-0.05, 0) is 19.3 Å². The molecule has 0 aliphatic rings. The molecule has 0 aromatic carbocycles. The molecule has 3 atom stereocenters. The standard InChI is InChI=1S/C10H23N3O2.C3H3N3/c1-2-3-4-7(11)5-8(12)6-9(13)10(14)15;1-4-2-6-3-5-1/h7-9H,2-6,11-13H2,1H3,(H,14,15);1-3H. The number of hydrogen-bond donors (Lipinski definition) is 4. The van der Waals surface area contributed by atoms with Crippen LogP contribution in [-0.4, -0.2) is 44.2 Å². The largest absolute Gasteiger partial charge is 0.480 e. The third kappa shape index (κ3) is 11.9. The van der Waals surface area contributed by atoms with Gasteiger partial charge >= 0.3 is 5.97 Å². The van der Waals surface area contributed by atoms with E-state index in [1.807, 2.05) is 0 Å². The minimum Gasteiger partial charge on any atom is -0.480 e. The molecule has 0 saturated carbocycles. The number of carboxylic acids is 1. The average Bonchev–Trinajstić information content (AvgIpc) is 2.47. The van der Waals surface area contributed by atoms with Gasteiger partial charge in [-0.2, -0.15) is 0 Å². The second-order valence-electron chi connectivity index (χ2n) is 4.87. The summed E-state index contributed by atoms with van der Waals surface area (Å²) >= 11 is 0. The lowest BCUT2D eigenvalue weighted by atomic mass is 9.98. The van der Waals surface area contributed by atoms with E-state index in [9.17, 15) is 4.79 Å². The molecule has 0 aliphatic carbocycles. The summed E-state index contributed by atoms with van der Waals surface area (Å²) in [4.78, 5) is 21.2. The minimum atomic E-state index is -1.01. The molecule has 0 fully saturated rings. The Morgan fingerprint density at radius 3 is 1.95 bits per heavy atom. The zero-order chi connectivity index (χ0) is 16.1. The molecule has 21 heavy (non-hydrogen) atoms. The van der Waals surface area contributed by atoms with Gasteiger partial charge < -0.3 is 22.3 Å². The summed E-state index contributed by atoms with van der Waals surface area (Å²) in [5.74, 6) is -1.01. The Bertz CT molecular complexity index is 338. The highest BCUT2D eigenvalue weighted by Crippen LogP contribution is 2.07. The zero-order valence-corrected chi connectivity index (χ0v) is 12.4. The first-order valence-electron chi connectivity index (χ1n) is 7.01. The number of rotatable bonds is 8. The van der Waals surface area contributed by atoms with Gasteiger partial charge in [0, 0.05) is 12.1 Å². The fourth-order valence-electron chi connectivity index (χ4n) is 1.70. The molecule has 0 amide bonds. The third-order valence-corrected chi connectivity index (χ3v) is 2.81. The lowest BCUT2D eigenvalue weighted by Crippen LogP contribution is -2.40. The number of aromatic nitrogens is 3. The summed E-state index contributed by atoms with van der Waals surface area (Å²) in [7, 11) is 0. The predicted octanol–water partition coefficient (Wildman–Crippen LogP) is -0.105. The Morgan fingerprint density at radius 1 is 1.05 bits per heavy atom. The van der Waals surface area contributed by atoms with Crippen molar-refractivity contribution in [2.75, 3.05) is 0 Å². The molecule has 0 aliphatic heterocycles. The fourth-order valence-corrected chi connectivity index (χ4v) is 1.70. The first-order valence-corrected chi connectivity index (χ1v) is 7.01. The van der Waals surface area contributed by atoms with E-state index in [0.29, 0.717) is 6.42 Å². The number of unbranched alkanes of at least 4 members (excludes halogenated alkanes) is 1. The van der Waals surface area contributed by atoms with Crippen LogP contribution in [0.3, 0.4) is 0 Å². The SMILES string of the molecule is CCCCC(N)CC(N)CC(N)C(=O)O.c1ncncn1. The lowest BCUT2D eigenvalue weighted by Gasteiger charge is -2.18. The molecule has 1 rings (SSSR count). The van der Waals surface area contributed by atoms with Gasteiger partial charge in [0.2, 0.25) is 0 Å². The summed E-state index contributed by atoms with van der Waals surface area (Å²) in [5.41, 5.74) is 17.0. The van der Waals surface area contributed by atoms with Crippen molar-refractivity contribution < 1.29 is 9.90 Å². The van der Waals surface area contributed by atoms with Crippen LogP contribution in [0.25, 0.3) is 0 Å². The quantitative estimate of drug-likeness (QED) is 0.518. The molecule has 1 aromatic heterocycles. The lowest BCUT2D eigenvalue weighted by molar-refractivity contribution is -0.138. The topological polar surface area (TPSA) is 154 Å². The van der Waals surface area contributed by atoms with E-state index < -0.39 is 12.0 Å². The van der Waals surface area contributed by atoms with E-state index in [-0.39, 0.29) is 18.5 Å². The number of nitrogens with zero attached hydrogens (tertiary/aromatic N) is 3. The monoisotopic (exact) mass is 298 g/mol. The molecule has 0 radical (unpaired) electrons. The van der Waals surface area contributed by atoms with Crippen molar-refractivity contribution in [1.29, 1.82) is 0 Å². The maximum Gasteiger partial charge on any atom is 0.320 e. The number of carboxylic acid groups (broad SMARTS) is 1. The van der Waals surface area contributed by atoms with Gasteiger partial charge in [-0.3, -0.25) is 4.79 Å². The maximum atomic E-state index is 10.5. The van der Waals surface area contributed by atoms with Gasteiger partial charge in [0.25, 0.3) is 0 Å². The van der Waals surface area contributed by atoms with E-state index in [4.69, 9.17) is 22.3 Å². The van der Waals surface area contributed by atoms with Crippen molar-refractivity contribution in [3.63, 3.8) is 0 Å². The summed E-state index contributed by atoms with van der Waals surface area (Å²) in [5, 5.41) is 8.59. The maximum absolute atomic E-state index is 10.5. The van der Waals surface area contributed by atoms with Gasteiger partial charge in [0.05, 0.1) is 0 Å². The molecule has 0 saturated heterocycles. The highest BCUT2D eigenvalue weighted by molar-refractivity contribution is 5.73. The van der Waals surface area contributed by atoms with Crippen LogP contribution in [0.4, 0.5) is 0 Å². The van der Waals surface area contributed by atoms with Gasteiger partial charge in [0.15, 0.2) is 0 Å². The molecule has 120 valence electrons. The van der Waals surface area contributed by atoms with Gasteiger partial charge in [0.1, 0.15) is 25.0 Å². The van der Waals surface area contributed by atoms with E-state index in [1.54, 1.807) is 0 Å². The fraction of sp³-hybridized carbons (Fsp3) is 0.692. The Morgan fingerprint density at radius 2 is 1.57 bits per heavy atom. The number of nitrogens with two attached hydrogens (primary N) is 3.